The summed E-state index contributed by atoms with van der Waals surface area (Å²) in [4.78, 5) is 14.7. The summed E-state index contributed by atoms with van der Waals surface area (Å²) in [5.74, 6) is 1.19. The molecule has 1 aromatic carbocycles. The van der Waals surface area contributed by atoms with Crippen LogP contribution in [0, 0.1) is 6.92 Å². The minimum Gasteiger partial charge on any atom is -0.496 e. The van der Waals surface area contributed by atoms with E-state index in [-0.39, 0.29) is 18.3 Å². The van der Waals surface area contributed by atoms with Crippen LogP contribution in [-0.4, -0.2) is 50.2 Å². The van der Waals surface area contributed by atoms with E-state index in [4.69, 9.17) is 9.47 Å². The van der Waals surface area contributed by atoms with Crippen molar-refractivity contribution >= 4 is 18.3 Å². The number of hydrogen-bond acceptors (Lipinski definition) is 4. The number of ether oxygens (including phenoxy) is 2. The molecule has 5 nitrogen and oxygen atoms in total. The van der Waals surface area contributed by atoms with Crippen molar-refractivity contribution in [2.24, 2.45) is 0 Å². The summed E-state index contributed by atoms with van der Waals surface area (Å²) in [5.41, 5.74) is 1.43. The van der Waals surface area contributed by atoms with Crippen LogP contribution in [-0.2, 0) is 0 Å². The molecule has 0 aliphatic heterocycles. The van der Waals surface area contributed by atoms with Gasteiger partial charge < -0.3 is 14.8 Å². The summed E-state index contributed by atoms with van der Waals surface area (Å²) in [7, 11) is 3.18. The molecular weight excluding hydrogens is 328 g/mol. The predicted octanol–water partition coefficient (Wildman–Crippen LogP) is 3.28. The van der Waals surface area contributed by atoms with E-state index in [9.17, 15) is 4.79 Å². The van der Waals surface area contributed by atoms with E-state index in [1.54, 1.807) is 26.4 Å². The highest BCUT2D eigenvalue weighted by molar-refractivity contribution is 5.95. The maximum atomic E-state index is 12.4. The highest BCUT2D eigenvalue weighted by Gasteiger charge is 2.15. The standard InChI is InChI=1S/C18H30N2O3.ClH/c1-12(2)20(13(3)4)9-8-19-18(21)15-10-16(22-6)14(5)17(11-15)23-7;/h10-13H,8-9H2,1-7H3,(H,19,21);1H. The zero-order valence-corrected chi connectivity index (χ0v) is 16.6. The van der Waals surface area contributed by atoms with Crippen molar-refractivity contribution < 1.29 is 14.3 Å². The normalized spacial score (nSPS) is 10.8. The Hall–Kier alpha value is -1.46. The summed E-state index contributed by atoms with van der Waals surface area (Å²) in [6.07, 6.45) is 0. The van der Waals surface area contributed by atoms with Crippen LogP contribution in [0.25, 0.3) is 0 Å². The number of halogens is 1. The second-order valence-electron chi connectivity index (χ2n) is 6.19. The Morgan fingerprint density at radius 3 is 1.92 bits per heavy atom. The van der Waals surface area contributed by atoms with Gasteiger partial charge in [0.05, 0.1) is 14.2 Å². The lowest BCUT2D eigenvalue weighted by Crippen LogP contribution is -2.42. The van der Waals surface area contributed by atoms with Crippen molar-refractivity contribution in [3.05, 3.63) is 23.3 Å². The van der Waals surface area contributed by atoms with E-state index in [2.05, 4.69) is 37.9 Å². The summed E-state index contributed by atoms with van der Waals surface area (Å²) >= 11 is 0. The molecule has 0 atom stereocenters. The molecule has 0 fully saturated rings. The van der Waals surface area contributed by atoms with Gasteiger partial charge in [-0.2, -0.15) is 0 Å². The monoisotopic (exact) mass is 358 g/mol. The van der Waals surface area contributed by atoms with E-state index in [0.717, 1.165) is 12.1 Å². The minimum atomic E-state index is -0.117. The van der Waals surface area contributed by atoms with Crippen molar-refractivity contribution in [3.8, 4) is 11.5 Å². The minimum absolute atomic E-state index is 0. The molecule has 1 aromatic rings. The summed E-state index contributed by atoms with van der Waals surface area (Å²) in [5, 5.41) is 2.97. The molecule has 0 bridgehead atoms. The molecule has 6 heteroatoms. The zero-order valence-electron chi connectivity index (χ0n) is 15.8. The molecule has 0 aromatic heterocycles. The van der Waals surface area contributed by atoms with Crippen molar-refractivity contribution in [2.75, 3.05) is 27.3 Å². The maximum Gasteiger partial charge on any atom is 0.251 e. The number of methoxy groups -OCH3 is 2. The van der Waals surface area contributed by atoms with E-state index >= 15 is 0 Å². The molecule has 0 aliphatic carbocycles. The molecule has 1 amide bonds. The van der Waals surface area contributed by atoms with Gasteiger partial charge in [-0.05, 0) is 46.8 Å². The number of benzene rings is 1. The Balaban J connectivity index is 0.00000529. The van der Waals surface area contributed by atoms with Crippen LogP contribution >= 0.6 is 12.4 Å². The SMILES string of the molecule is COc1cc(C(=O)NCCN(C(C)C)C(C)C)cc(OC)c1C.Cl. The molecule has 1 rings (SSSR count). The summed E-state index contributed by atoms with van der Waals surface area (Å²) < 4.78 is 10.6. The number of nitrogens with one attached hydrogen (secondary N) is 1. The van der Waals surface area contributed by atoms with Crippen LogP contribution < -0.4 is 14.8 Å². The van der Waals surface area contributed by atoms with Gasteiger partial charge in [0, 0.05) is 36.3 Å². The molecule has 0 saturated carbocycles. The van der Waals surface area contributed by atoms with Crippen LogP contribution in [0.15, 0.2) is 12.1 Å². The van der Waals surface area contributed by atoms with E-state index in [1.807, 2.05) is 6.92 Å². The average Bonchev–Trinajstić information content (AvgIpc) is 2.50. The van der Waals surface area contributed by atoms with Gasteiger partial charge in [-0.3, -0.25) is 9.69 Å². The average molecular weight is 359 g/mol. The Morgan fingerprint density at radius 1 is 1.08 bits per heavy atom. The lowest BCUT2D eigenvalue weighted by molar-refractivity contribution is 0.0938. The second-order valence-corrected chi connectivity index (χ2v) is 6.19. The quantitative estimate of drug-likeness (QED) is 0.774. The van der Waals surface area contributed by atoms with Crippen molar-refractivity contribution in [2.45, 2.75) is 46.7 Å². The topological polar surface area (TPSA) is 50.8 Å². The molecule has 0 unspecified atom stereocenters. The Labute approximate surface area is 152 Å². The third kappa shape index (κ3) is 5.87. The second kappa shape index (κ2) is 10.4. The van der Waals surface area contributed by atoms with Gasteiger partial charge in [0.15, 0.2) is 0 Å². The van der Waals surface area contributed by atoms with E-state index in [1.165, 1.54) is 0 Å². The van der Waals surface area contributed by atoms with Gasteiger partial charge in [-0.15, -0.1) is 12.4 Å². The molecule has 0 spiro atoms. The number of hydrogen-bond donors (Lipinski definition) is 1. The van der Waals surface area contributed by atoms with Gasteiger partial charge in [0.1, 0.15) is 11.5 Å². The molecule has 1 N–H and O–H groups in total. The van der Waals surface area contributed by atoms with Gasteiger partial charge in [0.2, 0.25) is 0 Å². The molecule has 0 heterocycles. The first-order valence-corrected chi connectivity index (χ1v) is 8.08. The molecular formula is C18H31ClN2O3. The Bertz CT molecular complexity index is 500. The van der Waals surface area contributed by atoms with Crippen molar-refractivity contribution in [1.82, 2.24) is 10.2 Å². The zero-order chi connectivity index (χ0) is 17.6. The number of nitrogens with zero attached hydrogens (tertiary/aromatic N) is 1. The van der Waals surface area contributed by atoms with E-state index in [0.29, 0.717) is 35.7 Å². The molecule has 0 radical (unpaired) electrons. The van der Waals surface area contributed by atoms with Crippen LogP contribution in [0.3, 0.4) is 0 Å². The molecule has 24 heavy (non-hydrogen) atoms. The van der Waals surface area contributed by atoms with Crippen LogP contribution in [0.4, 0.5) is 0 Å². The molecule has 0 aliphatic rings. The smallest absolute Gasteiger partial charge is 0.251 e. The lowest BCUT2D eigenvalue weighted by Gasteiger charge is -2.30. The van der Waals surface area contributed by atoms with Crippen LogP contribution in [0.2, 0.25) is 0 Å². The predicted molar refractivity (Wildman–Crippen MR) is 101 cm³/mol. The number of amides is 1. The summed E-state index contributed by atoms with van der Waals surface area (Å²) in [6.45, 7) is 12.0. The molecule has 0 saturated heterocycles. The first-order valence-electron chi connectivity index (χ1n) is 8.08. The van der Waals surface area contributed by atoms with Crippen molar-refractivity contribution in [1.29, 1.82) is 0 Å². The van der Waals surface area contributed by atoms with Gasteiger partial charge in [-0.25, -0.2) is 0 Å². The fraction of sp³-hybridized carbons (Fsp3) is 0.611. The highest BCUT2D eigenvalue weighted by Crippen LogP contribution is 2.29. The van der Waals surface area contributed by atoms with Crippen molar-refractivity contribution in [3.63, 3.8) is 0 Å². The first kappa shape index (κ1) is 22.5. The first-order chi connectivity index (χ1) is 10.8. The van der Waals surface area contributed by atoms with E-state index < -0.39 is 0 Å². The fourth-order valence-corrected chi connectivity index (χ4v) is 2.73. The summed E-state index contributed by atoms with van der Waals surface area (Å²) in [6, 6.07) is 4.39. The number of rotatable bonds is 8. The maximum absolute atomic E-state index is 12.4. The highest BCUT2D eigenvalue weighted by atomic mass is 35.5. The van der Waals surface area contributed by atoms with Gasteiger partial charge >= 0.3 is 0 Å². The van der Waals surface area contributed by atoms with Crippen LogP contribution in [0.5, 0.6) is 11.5 Å². The third-order valence-electron chi connectivity index (χ3n) is 4.00. The lowest BCUT2D eigenvalue weighted by atomic mass is 10.1. The Morgan fingerprint density at radius 2 is 1.54 bits per heavy atom. The molecule has 138 valence electrons. The largest absolute Gasteiger partial charge is 0.496 e. The van der Waals surface area contributed by atoms with Gasteiger partial charge in [-0.1, -0.05) is 0 Å². The number of carbonyl (C=O) groups is 1. The number of carbonyl (C=O) groups excluding carboxylic acids is 1. The van der Waals surface area contributed by atoms with Crippen LogP contribution in [0.1, 0.15) is 43.6 Å². The third-order valence-corrected chi connectivity index (χ3v) is 4.00. The van der Waals surface area contributed by atoms with Gasteiger partial charge in [0.25, 0.3) is 5.91 Å². The Kier molecular flexibility index (Phi) is 9.78. The fourth-order valence-electron chi connectivity index (χ4n) is 2.73.